The summed E-state index contributed by atoms with van der Waals surface area (Å²) in [6.07, 6.45) is 0.250. The fourth-order valence-corrected chi connectivity index (χ4v) is 1.04. The first-order chi connectivity index (χ1) is 6.26. The monoisotopic (exact) mass is 202 g/mol. The quantitative estimate of drug-likeness (QED) is 0.556. The van der Waals surface area contributed by atoms with E-state index in [1.165, 1.54) is 11.3 Å². The van der Waals surface area contributed by atoms with Crippen molar-refractivity contribution in [2.45, 2.75) is 6.92 Å². The highest BCUT2D eigenvalue weighted by atomic mass is 32.1. The van der Waals surface area contributed by atoms with E-state index in [1.54, 1.807) is 17.8 Å². The van der Waals surface area contributed by atoms with Crippen LogP contribution in [0.3, 0.4) is 0 Å². The predicted molar refractivity (Wildman–Crippen MR) is 48.3 cm³/mol. The maximum Gasteiger partial charge on any atom is 0.357 e. The van der Waals surface area contributed by atoms with Gasteiger partial charge < -0.3 is 10.5 Å². The second-order valence-corrected chi connectivity index (χ2v) is 2.45. The van der Waals surface area contributed by atoms with Crippen molar-refractivity contribution >= 4 is 23.7 Å². The zero-order valence-corrected chi connectivity index (χ0v) is 7.91. The number of rotatable bonds is 2. The van der Waals surface area contributed by atoms with Crippen molar-refractivity contribution in [2.24, 2.45) is 5.73 Å². The van der Waals surface area contributed by atoms with Gasteiger partial charge in [-0.3, -0.25) is 4.79 Å². The normalized spacial score (nSPS) is 8.08. The van der Waals surface area contributed by atoms with Crippen LogP contribution >= 0.6 is 11.3 Å². The van der Waals surface area contributed by atoms with Crippen LogP contribution in [0, 0.1) is 0 Å². The Labute approximate surface area is 79.5 Å². The van der Waals surface area contributed by atoms with Gasteiger partial charge in [0.15, 0.2) is 5.69 Å². The Morgan fingerprint density at radius 1 is 1.85 bits per heavy atom. The zero-order chi connectivity index (χ0) is 10.1. The third-order valence-electron chi connectivity index (χ3n) is 0.917. The largest absolute Gasteiger partial charge is 0.461 e. The Kier molecular flexibility index (Phi) is 6.44. The first-order valence-electron chi connectivity index (χ1n) is 3.46. The molecule has 0 saturated heterocycles. The fourth-order valence-electron chi connectivity index (χ4n) is 0.518. The average Bonchev–Trinajstić information content (AvgIpc) is 2.58. The van der Waals surface area contributed by atoms with E-state index in [0.717, 1.165) is 0 Å². The van der Waals surface area contributed by atoms with Crippen LogP contribution in [-0.2, 0) is 9.53 Å². The summed E-state index contributed by atoms with van der Waals surface area (Å²) in [5.41, 5.74) is 6.17. The van der Waals surface area contributed by atoms with Crippen molar-refractivity contribution in [3.63, 3.8) is 0 Å². The molecule has 0 bridgehead atoms. The smallest absolute Gasteiger partial charge is 0.357 e. The van der Waals surface area contributed by atoms with E-state index in [2.05, 4.69) is 10.7 Å². The maximum absolute atomic E-state index is 10.8. The number of thiazole rings is 1. The first kappa shape index (κ1) is 11.6. The molecule has 0 aliphatic carbocycles. The summed E-state index contributed by atoms with van der Waals surface area (Å²) in [6, 6.07) is 0. The third-order valence-corrected chi connectivity index (χ3v) is 1.50. The van der Waals surface area contributed by atoms with Crippen LogP contribution in [0.15, 0.2) is 10.9 Å². The summed E-state index contributed by atoms with van der Waals surface area (Å²) in [4.78, 5) is 23.2. The lowest BCUT2D eigenvalue weighted by molar-refractivity contribution is -0.106. The van der Waals surface area contributed by atoms with Crippen molar-refractivity contribution in [1.29, 1.82) is 0 Å². The number of aromatic nitrogens is 1. The van der Waals surface area contributed by atoms with Crippen LogP contribution in [0.5, 0.6) is 0 Å². The molecular weight excluding hydrogens is 192 g/mol. The van der Waals surface area contributed by atoms with Gasteiger partial charge in [0.1, 0.15) is 0 Å². The molecule has 72 valence electrons. The van der Waals surface area contributed by atoms with E-state index in [-0.39, 0.29) is 12.4 Å². The van der Waals surface area contributed by atoms with E-state index < -0.39 is 0 Å². The van der Waals surface area contributed by atoms with Crippen molar-refractivity contribution in [3.8, 4) is 0 Å². The molecule has 0 aromatic carbocycles. The number of esters is 1. The van der Waals surface area contributed by atoms with Crippen LogP contribution in [0.4, 0.5) is 0 Å². The number of ether oxygens (including phenoxy) is 1. The lowest BCUT2D eigenvalue weighted by Gasteiger charge is -1.94. The Morgan fingerprint density at radius 3 is 2.85 bits per heavy atom. The van der Waals surface area contributed by atoms with E-state index in [1.807, 2.05) is 0 Å². The van der Waals surface area contributed by atoms with Gasteiger partial charge in [-0.1, -0.05) is 0 Å². The predicted octanol–water partition coefficient (Wildman–Crippen LogP) is 0.421. The molecule has 0 atom stereocenters. The highest BCUT2D eigenvalue weighted by Gasteiger charge is 2.06. The topological polar surface area (TPSA) is 82.3 Å². The van der Waals surface area contributed by atoms with Crippen molar-refractivity contribution in [3.05, 3.63) is 16.6 Å². The molecule has 1 aromatic heterocycles. The van der Waals surface area contributed by atoms with Crippen molar-refractivity contribution in [1.82, 2.24) is 4.98 Å². The van der Waals surface area contributed by atoms with Gasteiger partial charge in [0.25, 0.3) is 0 Å². The molecule has 0 spiro atoms. The Hall–Kier alpha value is -1.43. The van der Waals surface area contributed by atoms with Crippen LogP contribution < -0.4 is 5.73 Å². The number of amides is 1. The number of primary amides is 1. The highest BCUT2D eigenvalue weighted by Crippen LogP contribution is 2.01. The number of nitrogens with zero attached hydrogens (tertiary/aromatic N) is 1. The van der Waals surface area contributed by atoms with Crippen LogP contribution in [0.25, 0.3) is 0 Å². The molecule has 0 aliphatic rings. The second-order valence-electron chi connectivity index (χ2n) is 1.73. The third kappa shape index (κ3) is 4.91. The van der Waals surface area contributed by atoms with E-state index in [0.29, 0.717) is 12.3 Å². The SMILES string of the molecule is CCOC(=O)c1cscn1.NC=O. The lowest BCUT2D eigenvalue weighted by Crippen LogP contribution is -2.04. The van der Waals surface area contributed by atoms with Gasteiger partial charge in [-0.2, -0.15) is 0 Å². The van der Waals surface area contributed by atoms with Gasteiger partial charge in [0.05, 0.1) is 12.1 Å². The van der Waals surface area contributed by atoms with E-state index in [9.17, 15) is 4.79 Å². The van der Waals surface area contributed by atoms with Crippen LogP contribution in [0.1, 0.15) is 17.4 Å². The molecule has 1 rings (SSSR count). The van der Waals surface area contributed by atoms with E-state index in [4.69, 9.17) is 9.53 Å². The number of carbonyl (C=O) groups is 2. The number of hydrogen-bond donors (Lipinski definition) is 1. The van der Waals surface area contributed by atoms with Crippen LogP contribution in [-0.4, -0.2) is 24.0 Å². The summed E-state index contributed by atoms with van der Waals surface area (Å²) >= 11 is 1.38. The Morgan fingerprint density at radius 2 is 2.46 bits per heavy atom. The van der Waals surface area contributed by atoms with Gasteiger partial charge in [-0.25, -0.2) is 9.78 Å². The number of hydrogen-bond acceptors (Lipinski definition) is 5. The molecular formula is C7H10N2O3S. The zero-order valence-electron chi connectivity index (χ0n) is 7.10. The second kappa shape index (κ2) is 7.23. The minimum atomic E-state index is -0.344. The summed E-state index contributed by atoms with van der Waals surface area (Å²) in [7, 11) is 0. The molecule has 6 heteroatoms. The average molecular weight is 202 g/mol. The first-order valence-corrected chi connectivity index (χ1v) is 4.41. The number of carbonyl (C=O) groups excluding carboxylic acids is 2. The lowest BCUT2D eigenvalue weighted by atomic mass is 10.5. The minimum absolute atomic E-state index is 0.250. The summed E-state index contributed by atoms with van der Waals surface area (Å²) < 4.78 is 4.69. The van der Waals surface area contributed by atoms with Crippen molar-refractivity contribution in [2.75, 3.05) is 6.61 Å². The van der Waals surface area contributed by atoms with Gasteiger partial charge >= 0.3 is 5.97 Å². The van der Waals surface area contributed by atoms with Gasteiger partial charge in [0.2, 0.25) is 6.41 Å². The summed E-state index contributed by atoms with van der Waals surface area (Å²) in [5.74, 6) is -0.344. The molecule has 1 aromatic rings. The Balaban J connectivity index is 0.000000424. The molecule has 13 heavy (non-hydrogen) atoms. The Bertz CT molecular complexity index is 248. The maximum atomic E-state index is 10.8. The van der Waals surface area contributed by atoms with E-state index >= 15 is 0 Å². The standard InChI is InChI=1S/C6H7NO2S.CH3NO/c1-2-9-6(8)5-3-10-4-7-5;2-1-3/h3-4H,2H2,1H3;1H,(H2,2,3). The van der Waals surface area contributed by atoms with Crippen LogP contribution in [0.2, 0.25) is 0 Å². The number of nitrogens with two attached hydrogens (primary N) is 1. The molecule has 0 fully saturated rings. The van der Waals surface area contributed by atoms with Crippen molar-refractivity contribution < 1.29 is 14.3 Å². The fraction of sp³-hybridized carbons (Fsp3) is 0.286. The molecule has 0 aliphatic heterocycles. The molecule has 1 amide bonds. The summed E-state index contributed by atoms with van der Waals surface area (Å²) in [6.45, 7) is 2.17. The molecule has 0 unspecified atom stereocenters. The molecule has 0 saturated carbocycles. The molecule has 0 radical (unpaired) electrons. The molecule has 5 nitrogen and oxygen atoms in total. The molecule has 1 heterocycles. The van der Waals surface area contributed by atoms with Gasteiger partial charge in [-0.15, -0.1) is 11.3 Å². The summed E-state index contributed by atoms with van der Waals surface area (Å²) in [5, 5.41) is 1.66. The molecule has 2 N–H and O–H groups in total. The highest BCUT2D eigenvalue weighted by molar-refractivity contribution is 7.07. The van der Waals surface area contributed by atoms with Gasteiger partial charge in [-0.05, 0) is 6.92 Å². The van der Waals surface area contributed by atoms with Gasteiger partial charge in [0, 0.05) is 5.38 Å². The minimum Gasteiger partial charge on any atom is -0.461 e.